The second kappa shape index (κ2) is 13.2. The van der Waals surface area contributed by atoms with E-state index in [0.717, 1.165) is 58.5 Å². The Kier molecular flexibility index (Phi) is 9.98. The van der Waals surface area contributed by atoms with E-state index in [4.69, 9.17) is 9.97 Å². The van der Waals surface area contributed by atoms with Crippen LogP contribution in [0.4, 0.5) is 0 Å². The van der Waals surface area contributed by atoms with E-state index in [1.807, 2.05) is 36.8 Å². The number of aryl methyl sites for hydroxylation is 3. The van der Waals surface area contributed by atoms with Gasteiger partial charge in [0.05, 0.1) is 17.1 Å². The van der Waals surface area contributed by atoms with Crippen LogP contribution in [0.1, 0.15) is 61.5 Å². The third-order valence-corrected chi connectivity index (χ3v) is 6.40. The predicted molar refractivity (Wildman–Crippen MR) is 136 cm³/mol. The molecule has 176 valence electrons. The van der Waals surface area contributed by atoms with Crippen molar-refractivity contribution in [2.24, 2.45) is 0 Å². The second-order valence-electron chi connectivity index (χ2n) is 8.47. The van der Waals surface area contributed by atoms with Crippen molar-refractivity contribution in [1.29, 1.82) is 0 Å². The molecule has 0 aliphatic rings. The first-order chi connectivity index (χ1) is 16.2. The van der Waals surface area contributed by atoms with Gasteiger partial charge in [0.2, 0.25) is 0 Å². The molecule has 0 aromatic carbocycles. The van der Waals surface area contributed by atoms with Crippen molar-refractivity contribution in [1.82, 2.24) is 24.8 Å². The van der Waals surface area contributed by atoms with E-state index in [0.29, 0.717) is 0 Å². The normalized spacial score (nSPS) is 11.5. The third-order valence-electron chi connectivity index (χ3n) is 6.40. The van der Waals surface area contributed by atoms with Gasteiger partial charge in [0.15, 0.2) is 0 Å². The SMILES string of the molecule is CCc1cccnc1CN(CC)CCN(Cc1ncccc1CC)Cc1ncccc1CC. The second-order valence-corrected chi connectivity index (χ2v) is 8.47. The average Bonchev–Trinajstić information content (AvgIpc) is 2.87. The minimum atomic E-state index is 0.838. The molecule has 5 heteroatoms. The highest BCUT2D eigenvalue weighted by molar-refractivity contribution is 5.22. The van der Waals surface area contributed by atoms with Crippen molar-refractivity contribution in [2.45, 2.75) is 66.6 Å². The molecule has 3 aromatic heterocycles. The molecule has 0 saturated heterocycles. The summed E-state index contributed by atoms with van der Waals surface area (Å²) in [5.41, 5.74) is 7.55. The fraction of sp³-hybridized carbons (Fsp3) is 0.464. The first-order valence-electron chi connectivity index (χ1n) is 12.4. The fourth-order valence-electron chi connectivity index (χ4n) is 4.29. The van der Waals surface area contributed by atoms with Crippen LogP contribution in [0.15, 0.2) is 55.0 Å². The van der Waals surface area contributed by atoms with Crippen LogP contribution in [0.25, 0.3) is 0 Å². The van der Waals surface area contributed by atoms with E-state index in [2.05, 4.69) is 60.7 Å². The molecule has 0 amide bonds. The van der Waals surface area contributed by atoms with Crippen LogP contribution in [-0.4, -0.2) is 44.4 Å². The number of aromatic nitrogens is 3. The van der Waals surface area contributed by atoms with E-state index in [1.54, 1.807) is 0 Å². The van der Waals surface area contributed by atoms with Gasteiger partial charge in [0.1, 0.15) is 0 Å². The number of hydrogen-bond acceptors (Lipinski definition) is 5. The predicted octanol–water partition coefficient (Wildman–Crippen LogP) is 5.08. The maximum Gasteiger partial charge on any atom is 0.0575 e. The number of likely N-dealkylation sites (N-methyl/N-ethyl adjacent to an activating group) is 1. The molecule has 0 aliphatic carbocycles. The van der Waals surface area contributed by atoms with Gasteiger partial charge in [-0.2, -0.15) is 0 Å². The van der Waals surface area contributed by atoms with Gasteiger partial charge in [-0.1, -0.05) is 45.9 Å². The Bertz CT molecular complexity index is 938. The van der Waals surface area contributed by atoms with E-state index in [1.165, 1.54) is 33.8 Å². The number of pyridine rings is 3. The largest absolute Gasteiger partial charge is 0.297 e. The summed E-state index contributed by atoms with van der Waals surface area (Å²) in [6.07, 6.45) is 8.76. The molecule has 0 bridgehead atoms. The highest BCUT2D eigenvalue weighted by Crippen LogP contribution is 2.15. The molecule has 33 heavy (non-hydrogen) atoms. The highest BCUT2D eigenvalue weighted by atomic mass is 15.2. The van der Waals surface area contributed by atoms with Crippen molar-refractivity contribution in [3.63, 3.8) is 0 Å². The average molecular weight is 446 g/mol. The molecule has 3 heterocycles. The molecule has 3 aromatic rings. The van der Waals surface area contributed by atoms with Crippen molar-refractivity contribution >= 4 is 0 Å². The topological polar surface area (TPSA) is 45.2 Å². The van der Waals surface area contributed by atoms with Crippen molar-refractivity contribution in [2.75, 3.05) is 19.6 Å². The van der Waals surface area contributed by atoms with Gasteiger partial charge in [-0.05, 0) is 60.7 Å². The summed E-state index contributed by atoms with van der Waals surface area (Å²) in [5, 5.41) is 0. The van der Waals surface area contributed by atoms with Crippen LogP contribution in [0.5, 0.6) is 0 Å². The Labute approximate surface area is 199 Å². The third kappa shape index (κ3) is 7.18. The quantitative estimate of drug-likeness (QED) is 0.367. The number of hydrogen-bond donors (Lipinski definition) is 0. The van der Waals surface area contributed by atoms with Gasteiger partial charge >= 0.3 is 0 Å². The van der Waals surface area contributed by atoms with Crippen LogP contribution in [0.3, 0.4) is 0 Å². The zero-order valence-corrected chi connectivity index (χ0v) is 20.8. The molecule has 0 unspecified atom stereocenters. The lowest BCUT2D eigenvalue weighted by Gasteiger charge is -2.28. The monoisotopic (exact) mass is 445 g/mol. The van der Waals surface area contributed by atoms with E-state index in [-0.39, 0.29) is 0 Å². The summed E-state index contributed by atoms with van der Waals surface area (Å²) in [4.78, 5) is 19.1. The zero-order chi connectivity index (χ0) is 23.5. The van der Waals surface area contributed by atoms with Crippen molar-refractivity contribution < 1.29 is 0 Å². The molecule has 0 aliphatic heterocycles. The standard InChI is InChI=1S/C28H39N5/c1-5-23-12-9-15-29-26(23)20-32(8-4)18-19-33(21-27-24(6-2)13-10-16-30-27)22-28-25(7-3)14-11-17-31-28/h9-17H,5-8,18-22H2,1-4H3. The molecular weight excluding hydrogens is 406 g/mol. The van der Waals surface area contributed by atoms with Gasteiger partial charge in [-0.25, -0.2) is 0 Å². The Balaban J connectivity index is 1.76. The fourth-order valence-corrected chi connectivity index (χ4v) is 4.29. The lowest BCUT2D eigenvalue weighted by Crippen LogP contribution is -2.35. The first kappa shape index (κ1) is 25.0. The summed E-state index contributed by atoms with van der Waals surface area (Å²) < 4.78 is 0. The number of nitrogens with zero attached hydrogens (tertiary/aromatic N) is 5. The van der Waals surface area contributed by atoms with Crippen molar-refractivity contribution in [3.8, 4) is 0 Å². The Hall–Kier alpha value is -2.63. The Morgan fingerprint density at radius 1 is 0.545 bits per heavy atom. The van der Waals surface area contributed by atoms with Crippen LogP contribution < -0.4 is 0 Å². The van der Waals surface area contributed by atoms with E-state index < -0.39 is 0 Å². The van der Waals surface area contributed by atoms with Gasteiger partial charge < -0.3 is 0 Å². The Morgan fingerprint density at radius 3 is 1.27 bits per heavy atom. The van der Waals surface area contributed by atoms with E-state index >= 15 is 0 Å². The smallest absolute Gasteiger partial charge is 0.0575 e. The number of rotatable bonds is 13. The summed E-state index contributed by atoms with van der Waals surface area (Å²) in [5.74, 6) is 0. The highest BCUT2D eigenvalue weighted by Gasteiger charge is 2.15. The van der Waals surface area contributed by atoms with Crippen LogP contribution in [0, 0.1) is 0 Å². The summed E-state index contributed by atoms with van der Waals surface area (Å²) in [7, 11) is 0. The van der Waals surface area contributed by atoms with Crippen LogP contribution in [0.2, 0.25) is 0 Å². The Morgan fingerprint density at radius 2 is 0.909 bits per heavy atom. The molecule has 3 rings (SSSR count). The van der Waals surface area contributed by atoms with Gasteiger partial charge in [-0.3, -0.25) is 24.8 Å². The maximum absolute atomic E-state index is 4.73. The van der Waals surface area contributed by atoms with E-state index in [9.17, 15) is 0 Å². The minimum Gasteiger partial charge on any atom is -0.297 e. The van der Waals surface area contributed by atoms with Gasteiger partial charge in [0.25, 0.3) is 0 Å². The molecule has 0 fully saturated rings. The zero-order valence-electron chi connectivity index (χ0n) is 20.8. The van der Waals surface area contributed by atoms with Gasteiger partial charge in [-0.15, -0.1) is 0 Å². The molecule has 0 N–H and O–H groups in total. The maximum atomic E-state index is 4.73. The molecule has 0 radical (unpaired) electrons. The molecular formula is C28H39N5. The molecule has 5 nitrogen and oxygen atoms in total. The molecule has 0 saturated carbocycles. The van der Waals surface area contributed by atoms with Crippen LogP contribution in [-0.2, 0) is 38.9 Å². The summed E-state index contributed by atoms with van der Waals surface area (Å²) in [6, 6.07) is 12.7. The van der Waals surface area contributed by atoms with Crippen molar-refractivity contribution in [3.05, 3.63) is 88.8 Å². The lowest BCUT2D eigenvalue weighted by atomic mass is 10.1. The summed E-state index contributed by atoms with van der Waals surface area (Å²) >= 11 is 0. The van der Waals surface area contributed by atoms with Gasteiger partial charge in [0, 0.05) is 51.3 Å². The summed E-state index contributed by atoms with van der Waals surface area (Å²) in [6.45, 7) is 14.4. The lowest BCUT2D eigenvalue weighted by molar-refractivity contribution is 0.188. The molecule has 0 atom stereocenters. The molecule has 0 spiro atoms. The first-order valence-corrected chi connectivity index (χ1v) is 12.4. The van der Waals surface area contributed by atoms with Crippen LogP contribution >= 0.6 is 0 Å². The minimum absolute atomic E-state index is 0.838.